The van der Waals surface area contributed by atoms with Crippen LogP contribution in [0.15, 0.2) is 73.3 Å². The van der Waals surface area contributed by atoms with Crippen molar-refractivity contribution in [2.24, 2.45) is 0 Å². The van der Waals surface area contributed by atoms with Crippen molar-refractivity contribution in [1.29, 1.82) is 0 Å². The maximum atomic E-state index is 12.4. The molecule has 2 aromatic heterocycles. The molecule has 2 N–H and O–H groups in total. The first-order valence-corrected chi connectivity index (χ1v) is 9.73. The van der Waals surface area contributed by atoms with Crippen LogP contribution in [0, 0.1) is 6.92 Å². The van der Waals surface area contributed by atoms with Gasteiger partial charge in [-0.2, -0.15) is 5.10 Å². The predicted molar refractivity (Wildman–Crippen MR) is 119 cm³/mol. The number of methoxy groups -OCH3 is 1. The van der Waals surface area contributed by atoms with Crippen LogP contribution in [0.5, 0.6) is 5.75 Å². The van der Waals surface area contributed by atoms with Gasteiger partial charge in [0.25, 0.3) is 0 Å². The number of aryl methyl sites for hydroxylation is 1. The van der Waals surface area contributed by atoms with Crippen LogP contribution >= 0.6 is 0 Å². The Kier molecular flexibility index (Phi) is 5.89. The van der Waals surface area contributed by atoms with Crippen LogP contribution < -0.4 is 15.4 Å². The van der Waals surface area contributed by atoms with E-state index in [0.29, 0.717) is 18.1 Å². The van der Waals surface area contributed by atoms with Gasteiger partial charge in [0.15, 0.2) is 5.82 Å². The molecule has 2 heterocycles. The Balaban J connectivity index is 1.36. The van der Waals surface area contributed by atoms with Crippen molar-refractivity contribution in [3.05, 3.63) is 84.4 Å². The number of hydrogen-bond donors (Lipinski definition) is 2. The summed E-state index contributed by atoms with van der Waals surface area (Å²) in [4.78, 5) is 20.8. The molecule has 0 fully saturated rings. The molecule has 156 valence electrons. The number of carbonyl (C=O) groups is 1. The number of hydrogen-bond acceptors (Lipinski definition) is 6. The van der Waals surface area contributed by atoms with Crippen LogP contribution in [0.3, 0.4) is 0 Å². The van der Waals surface area contributed by atoms with Gasteiger partial charge in [0.1, 0.15) is 17.9 Å². The first kappa shape index (κ1) is 20.1. The summed E-state index contributed by atoms with van der Waals surface area (Å²) in [6, 6.07) is 16.8. The van der Waals surface area contributed by atoms with Crippen LogP contribution in [-0.2, 0) is 11.2 Å². The van der Waals surface area contributed by atoms with Crippen LogP contribution in [0.1, 0.15) is 11.1 Å². The zero-order valence-corrected chi connectivity index (χ0v) is 17.2. The van der Waals surface area contributed by atoms with Crippen molar-refractivity contribution in [2.75, 3.05) is 17.7 Å². The number of anilines is 3. The topological polar surface area (TPSA) is 94.0 Å². The summed E-state index contributed by atoms with van der Waals surface area (Å²) in [5, 5.41) is 10.3. The molecule has 0 saturated carbocycles. The number of ether oxygens (including phenoxy) is 1. The average Bonchev–Trinajstić information content (AvgIpc) is 3.31. The fourth-order valence-corrected chi connectivity index (χ4v) is 3.17. The highest BCUT2D eigenvalue weighted by Crippen LogP contribution is 2.20. The summed E-state index contributed by atoms with van der Waals surface area (Å²) in [6.45, 7) is 1.96. The minimum absolute atomic E-state index is 0.0788. The monoisotopic (exact) mass is 414 g/mol. The van der Waals surface area contributed by atoms with Gasteiger partial charge in [-0.05, 0) is 54.4 Å². The van der Waals surface area contributed by atoms with Gasteiger partial charge in [0.05, 0.1) is 13.5 Å². The molecule has 8 heteroatoms. The second-order valence-corrected chi connectivity index (χ2v) is 6.94. The third-order valence-corrected chi connectivity index (χ3v) is 4.66. The van der Waals surface area contributed by atoms with E-state index in [4.69, 9.17) is 4.74 Å². The first-order chi connectivity index (χ1) is 15.1. The maximum Gasteiger partial charge on any atom is 0.228 e. The second-order valence-electron chi connectivity index (χ2n) is 6.94. The number of amides is 1. The highest BCUT2D eigenvalue weighted by Gasteiger charge is 2.07. The largest absolute Gasteiger partial charge is 0.496 e. The molecule has 4 rings (SSSR count). The molecular formula is C23H22N6O2. The van der Waals surface area contributed by atoms with Crippen molar-refractivity contribution >= 4 is 23.1 Å². The third-order valence-electron chi connectivity index (χ3n) is 4.66. The Bertz CT molecular complexity index is 1170. The maximum absolute atomic E-state index is 12.4. The zero-order valence-electron chi connectivity index (χ0n) is 17.2. The first-order valence-electron chi connectivity index (χ1n) is 9.73. The Morgan fingerprint density at radius 1 is 1.06 bits per heavy atom. The molecule has 0 bridgehead atoms. The molecule has 0 radical (unpaired) electrons. The lowest BCUT2D eigenvalue weighted by atomic mass is 10.1. The minimum atomic E-state index is -0.0788. The van der Waals surface area contributed by atoms with E-state index in [1.807, 2.05) is 61.7 Å². The average molecular weight is 414 g/mol. The Labute approximate surface area is 179 Å². The van der Waals surface area contributed by atoms with Gasteiger partial charge in [-0.15, -0.1) is 0 Å². The van der Waals surface area contributed by atoms with Gasteiger partial charge >= 0.3 is 0 Å². The van der Waals surface area contributed by atoms with Gasteiger partial charge < -0.3 is 15.4 Å². The molecule has 0 spiro atoms. The van der Waals surface area contributed by atoms with E-state index in [-0.39, 0.29) is 5.91 Å². The van der Waals surface area contributed by atoms with Crippen LogP contribution in [-0.4, -0.2) is 32.8 Å². The molecule has 1 amide bonds. The van der Waals surface area contributed by atoms with Gasteiger partial charge in [0, 0.05) is 29.8 Å². The summed E-state index contributed by atoms with van der Waals surface area (Å²) in [5.74, 6) is 2.05. The van der Waals surface area contributed by atoms with Crippen LogP contribution in [0.2, 0.25) is 0 Å². The number of rotatable bonds is 7. The van der Waals surface area contributed by atoms with Gasteiger partial charge in [-0.1, -0.05) is 12.1 Å². The van der Waals surface area contributed by atoms with Crippen molar-refractivity contribution < 1.29 is 9.53 Å². The van der Waals surface area contributed by atoms with Gasteiger partial charge in [0.2, 0.25) is 5.91 Å². The molecule has 0 unspecified atom stereocenters. The fourth-order valence-electron chi connectivity index (χ4n) is 3.17. The molecule has 0 aliphatic carbocycles. The number of nitrogens with one attached hydrogen (secondary N) is 2. The normalized spacial score (nSPS) is 10.5. The Morgan fingerprint density at radius 3 is 2.58 bits per heavy atom. The summed E-state index contributed by atoms with van der Waals surface area (Å²) >= 11 is 0. The second kappa shape index (κ2) is 9.08. The van der Waals surface area contributed by atoms with E-state index in [1.54, 1.807) is 24.1 Å². The van der Waals surface area contributed by atoms with Crippen molar-refractivity contribution in [1.82, 2.24) is 19.7 Å². The predicted octanol–water partition coefficient (Wildman–Crippen LogP) is 3.90. The number of nitrogens with zero attached hydrogens (tertiary/aromatic N) is 4. The summed E-state index contributed by atoms with van der Waals surface area (Å²) in [7, 11) is 1.64. The van der Waals surface area contributed by atoms with E-state index in [9.17, 15) is 4.79 Å². The molecule has 8 nitrogen and oxygen atoms in total. The fraction of sp³-hybridized carbons (Fsp3) is 0.130. The molecule has 0 atom stereocenters. The molecule has 0 saturated heterocycles. The van der Waals surface area contributed by atoms with Gasteiger partial charge in [-0.25, -0.2) is 14.6 Å². The lowest BCUT2D eigenvalue weighted by molar-refractivity contribution is -0.115. The van der Waals surface area contributed by atoms with Crippen molar-refractivity contribution in [3.8, 4) is 11.6 Å². The summed E-state index contributed by atoms with van der Waals surface area (Å²) in [5.41, 5.74) is 3.50. The number of aromatic nitrogens is 4. The Hall–Kier alpha value is -4.20. The minimum Gasteiger partial charge on any atom is -0.496 e. The standard InChI is InChI=1S/C23H22N6O2/c1-16-12-17(4-9-20(16)31-2)13-23(30)28-19-7-5-18(6-8-19)27-21-14-22(25-15-24-21)29-11-3-10-26-29/h3-12,14-15H,13H2,1-2H3,(H,28,30)(H,24,25,27). The number of benzene rings is 2. The zero-order chi connectivity index (χ0) is 21.6. The Morgan fingerprint density at radius 2 is 1.87 bits per heavy atom. The van der Waals surface area contributed by atoms with E-state index in [1.165, 1.54) is 6.33 Å². The van der Waals surface area contributed by atoms with Crippen LogP contribution in [0.4, 0.5) is 17.2 Å². The highest BCUT2D eigenvalue weighted by molar-refractivity contribution is 5.92. The highest BCUT2D eigenvalue weighted by atomic mass is 16.5. The van der Waals surface area contributed by atoms with E-state index >= 15 is 0 Å². The molecule has 0 aliphatic rings. The van der Waals surface area contributed by atoms with E-state index in [2.05, 4.69) is 25.7 Å². The summed E-state index contributed by atoms with van der Waals surface area (Å²) < 4.78 is 6.92. The molecule has 4 aromatic rings. The molecule has 31 heavy (non-hydrogen) atoms. The number of carbonyl (C=O) groups excluding carboxylic acids is 1. The SMILES string of the molecule is COc1ccc(CC(=O)Nc2ccc(Nc3cc(-n4cccn4)ncn3)cc2)cc1C. The molecule has 2 aromatic carbocycles. The van der Waals surface area contributed by atoms with E-state index in [0.717, 1.165) is 28.3 Å². The summed E-state index contributed by atoms with van der Waals surface area (Å²) in [6.07, 6.45) is 5.28. The van der Waals surface area contributed by atoms with Crippen LogP contribution in [0.25, 0.3) is 5.82 Å². The van der Waals surface area contributed by atoms with Crippen molar-refractivity contribution in [2.45, 2.75) is 13.3 Å². The lowest BCUT2D eigenvalue weighted by Crippen LogP contribution is -2.14. The van der Waals surface area contributed by atoms with Gasteiger partial charge in [-0.3, -0.25) is 4.79 Å². The smallest absolute Gasteiger partial charge is 0.228 e. The van der Waals surface area contributed by atoms with E-state index < -0.39 is 0 Å². The third kappa shape index (κ3) is 5.05. The lowest BCUT2D eigenvalue weighted by Gasteiger charge is -2.10. The molecular weight excluding hydrogens is 392 g/mol. The quantitative estimate of drug-likeness (QED) is 0.476. The van der Waals surface area contributed by atoms with Crippen molar-refractivity contribution in [3.63, 3.8) is 0 Å². The molecule has 0 aliphatic heterocycles.